The number of carbonyl (C=O) groups excluding carboxylic acids is 1. The Labute approximate surface area is 118 Å². The zero-order chi connectivity index (χ0) is 14.4. The Morgan fingerprint density at radius 2 is 1.80 bits per heavy atom. The SMILES string of the molecule is C=Cc1ccc(COC(O)C(=O)c2ccccc2)cc1. The number of carbonyl (C=O) groups is 1. The number of Topliss-reactive ketones (excluding diaryl/α,β-unsaturated/α-hetero) is 1. The van der Waals surface area contributed by atoms with Gasteiger partial charge in [0.15, 0.2) is 0 Å². The summed E-state index contributed by atoms with van der Waals surface area (Å²) in [6, 6.07) is 16.1. The summed E-state index contributed by atoms with van der Waals surface area (Å²) in [4.78, 5) is 11.9. The van der Waals surface area contributed by atoms with Gasteiger partial charge in [0.2, 0.25) is 12.1 Å². The van der Waals surface area contributed by atoms with Crippen molar-refractivity contribution >= 4 is 11.9 Å². The molecule has 0 bridgehead atoms. The van der Waals surface area contributed by atoms with Gasteiger partial charge in [0, 0.05) is 5.56 Å². The van der Waals surface area contributed by atoms with Crippen molar-refractivity contribution < 1.29 is 14.6 Å². The zero-order valence-electron chi connectivity index (χ0n) is 11.0. The highest BCUT2D eigenvalue weighted by Crippen LogP contribution is 2.10. The number of ketones is 1. The molecule has 0 radical (unpaired) electrons. The van der Waals surface area contributed by atoms with Crippen molar-refractivity contribution in [3.05, 3.63) is 77.9 Å². The molecule has 0 saturated heterocycles. The Balaban J connectivity index is 1.93. The van der Waals surface area contributed by atoms with Crippen LogP contribution in [0.1, 0.15) is 21.5 Å². The van der Waals surface area contributed by atoms with Crippen molar-refractivity contribution in [2.24, 2.45) is 0 Å². The lowest BCUT2D eigenvalue weighted by Crippen LogP contribution is -2.23. The second kappa shape index (κ2) is 6.80. The molecule has 2 aromatic rings. The Bertz CT molecular complexity index is 573. The summed E-state index contributed by atoms with van der Waals surface area (Å²) in [6.07, 6.45) is 0.301. The molecule has 2 aromatic carbocycles. The molecular weight excluding hydrogens is 252 g/mol. The van der Waals surface area contributed by atoms with Crippen LogP contribution in [0.25, 0.3) is 6.08 Å². The minimum absolute atomic E-state index is 0.178. The Hall–Kier alpha value is -2.23. The number of benzene rings is 2. The van der Waals surface area contributed by atoms with Gasteiger partial charge in [-0.1, -0.05) is 67.3 Å². The van der Waals surface area contributed by atoms with Gasteiger partial charge in [0.05, 0.1) is 6.61 Å². The molecule has 102 valence electrons. The highest BCUT2D eigenvalue weighted by Gasteiger charge is 2.17. The Morgan fingerprint density at radius 3 is 2.40 bits per heavy atom. The van der Waals surface area contributed by atoms with Crippen LogP contribution in [0.3, 0.4) is 0 Å². The predicted molar refractivity (Wildman–Crippen MR) is 78.1 cm³/mol. The van der Waals surface area contributed by atoms with Crippen LogP contribution >= 0.6 is 0 Å². The first-order valence-electron chi connectivity index (χ1n) is 6.31. The smallest absolute Gasteiger partial charge is 0.220 e. The van der Waals surface area contributed by atoms with Crippen LogP contribution in [0, 0.1) is 0 Å². The van der Waals surface area contributed by atoms with Crippen LogP contribution in [0.15, 0.2) is 61.2 Å². The molecule has 1 N–H and O–H groups in total. The molecule has 0 spiro atoms. The number of hydrogen-bond donors (Lipinski definition) is 1. The fourth-order valence-electron chi connectivity index (χ4n) is 1.75. The maximum absolute atomic E-state index is 11.9. The first-order chi connectivity index (χ1) is 9.70. The Kier molecular flexibility index (Phi) is 4.82. The normalized spacial score (nSPS) is 11.8. The van der Waals surface area contributed by atoms with Crippen molar-refractivity contribution in [3.63, 3.8) is 0 Å². The molecule has 0 fully saturated rings. The molecule has 0 aliphatic heterocycles. The average Bonchev–Trinajstić information content (AvgIpc) is 2.53. The van der Waals surface area contributed by atoms with E-state index in [-0.39, 0.29) is 6.61 Å². The van der Waals surface area contributed by atoms with Gasteiger partial charge in [-0.15, -0.1) is 0 Å². The fourth-order valence-corrected chi connectivity index (χ4v) is 1.75. The van der Waals surface area contributed by atoms with Gasteiger partial charge < -0.3 is 9.84 Å². The van der Waals surface area contributed by atoms with E-state index in [0.717, 1.165) is 11.1 Å². The highest BCUT2D eigenvalue weighted by molar-refractivity contribution is 5.98. The van der Waals surface area contributed by atoms with Crippen LogP contribution in [0.5, 0.6) is 0 Å². The van der Waals surface area contributed by atoms with E-state index < -0.39 is 12.1 Å². The summed E-state index contributed by atoms with van der Waals surface area (Å²) >= 11 is 0. The molecule has 0 aromatic heterocycles. The van der Waals surface area contributed by atoms with Crippen LogP contribution in [0.2, 0.25) is 0 Å². The van der Waals surface area contributed by atoms with Gasteiger partial charge in [-0.3, -0.25) is 4.79 Å². The summed E-state index contributed by atoms with van der Waals surface area (Å²) in [6.45, 7) is 3.85. The predicted octanol–water partition coefficient (Wildman–Crippen LogP) is 3.05. The van der Waals surface area contributed by atoms with Crippen molar-refractivity contribution in [1.29, 1.82) is 0 Å². The quantitative estimate of drug-likeness (QED) is 0.647. The van der Waals surface area contributed by atoms with Crippen LogP contribution < -0.4 is 0 Å². The van der Waals surface area contributed by atoms with E-state index in [9.17, 15) is 9.90 Å². The molecule has 0 saturated carbocycles. The average molecular weight is 268 g/mol. The molecule has 3 heteroatoms. The standard InChI is InChI=1S/C17H16O3/c1-2-13-8-10-14(11-9-13)12-20-17(19)16(18)15-6-4-3-5-7-15/h2-11,17,19H,1,12H2. The lowest BCUT2D eigenvalue weighted by atomic mass is 10.1. The van der Waals surface area contributed by atoms with Gasteiger partial charge in [0.25, 0.3) is 0 Å². The van der Waals surface area contributed by atoms with Gasteiger partial charge in [-0.2, -0.15) is 0 Å². The number of aliphatic hydroxyl groups is 1. The van der Waals surface area contributed by atoms with Crippen molar-refractivity contribution in [2.75, 3.05) is 0 Å². The monoisotopic (exact) mass is 268 g/mol. The third-order valence-corrected chi connectivity index (χ3v) is 2.91. The van der Waals surface area contributed by atoms with E-state index in [4.69, 9.17) is 4.74 Å². The van der Waals surface area contributed by atoms with Gasteiger partial charge in [-0.05, 0) is 11.1 Å². The first kappa shape index (κ1) is 14.2. The second-order valence-electron chi connectivity index (χ2n) is 4.34. The van der Waals surface area contributed by atoms with Gasteiger partial charge >= 0.3 is 0 Å². The molecule has 3 nitrogen and oxygen atoms in total. The van der Waals surface area contributed by atoms with E-state index in [1.165, 1.54) is 0 Å². The molecule has 0 aliphatic rings. The summed E-state index contributed by atoms with van der Waals surface area (Å²) in [5, 5.41) is 9.75. The minimum Gasteiger partial charge on any atom is -0.362 e. The summed E-state index contributed by atoms with van der Waals surface area (Å²) in [5.74, 6) is -0.437. The van der Waals surface area contributed by atoms with Crippen molar-refractivity contribution in [3.8, 4) is 0 Å². The van der Waals surface area contributed by atoms with Crippen molar-refractivity contribution in [1.82, 2.24) is 0 Å². The molecule has 20 heavy (non-hydrogen) atoms. The number of ether oxygens (including phenoxy) is 1. The zero-order valence-corrected chi connectivity index (χ0v) is 11.0. The first-order valence-corrected chi connectivity index (χ1v) is 6.31. The van der Waals surface area contributed by atoms with E-state index in [1.54, 1.807) is 30.3 Å². The molecule has 1 atom stereocenters. The van der Waals surface area contributed by atoms with Gasteiger partial charge in [0.1, 0.15) is 0 Å². The second-order valence-corrected chi connectivity index (χ2v) is 4.34. The molecular formula is C17H16O3. The topological polar surface area (TPSA) is 46.5 Å². The lowest BCUT2D eigenvalue weighted by molar-refractivity contribution is -0.0800. The molecule has 2 rings (SSSR count). The Morgan fingerprint density at radius 1 is 1.15 bits per heavy atom. The third-order valence-electron chi connectivity index (χ3n) is 2.91. The maximum Gasteiger partial charge on any atom is 0.220 e. The van der Waals surface area contributed by atoms with Crippen LogP contribution in [0.4, 0.5) is 0 Å². The highest BCUT2D eigenvalue weighted by atomic mass is 16.6. The molecule has 0 amide bonds. The molecule has 1 unspecified atom stereocenters. The van der Waals surface area contributed by atoms with E-state index in [1.807, 2.05) is 30.3 Å². The van der Waals surface area contributed by atoms with E-state index in [0.29, 0.717) is 5.56 Å². The number of rotatable bonds is 6. The van der Waals surface area contributed by atoms with Crippen LogP contribution in [-0.4, -0.2) is 17.2 Å². The minimum atomic E-state index is -1.45. The van der Waals surface area contributed by atoms with Crippen LogP contribution in [-0.2, 0) is 11.3 Å². The summed E-state index contributed by atoms with van der Waals surface area (Å²) < 4.78 is 5.20. The molecule has 0 heterocycles. The van der Waals surface area contributed by atoms with Gasteiger partial charge in [-0.25, -0.2) is 0 Å². The van der Waals surface area contributed by atoms with E-state index in [2.05, 4.69) is 6.58 Å². The fraction of sp³-hybridized carbons (Fsp3) is 0.118. The molecule has 0 aliphatic carbocycles. The maximum atomic E-state index is 11.9. The lowest BCUT2D eigenvalue weighted by Gasteiger charge is -2.11. The largest absolute Gasteiger partial charge is 0.362 e. The summed E-state index contributed by atoms with van der Waals surface area (Å²) in [5.41, 5.74) is 2.33. The number of aliphatic hydroxyl groups excluding tert-OH is 1. The van der Waals surface area contributed by atoms with Crippen molar-refractivity contribution in [2.45, 2.75) is 12.9 Å². The third kappa shape index (κ3) is 3.63. The number of hydrogen-bond acceptors (Lipinski definition) is 3. The summed E-state index contributed by atoms with van der Waals surface area (Å²) in [7, 11) is 0. The van der Waals surface area contributed by atoms with E-state index >= 15 is 0 Å².